The molecular weight excluding hydrogens is 304 g/mol. The fourth-order valence-electron chi connectivity index (χ4n) is 3.43. The van der Waals surface area contributed by atoms with E-state index in [2.05, 4.69) is 20.8 Å². The Hall–Kier alpha value is -1.84. The van der Waals surface area contributed by atoms with E-state index in [-0.39, 0.29) is 12.7 Å². The van der Waals surface area contributed by atoms with Crippen LogP contribution in [0, 0.1) is 24.7 Å². The second kappa shape index (κ2) is 8.32. The number of benzene rings is 1. The van der Waals surface area contributed by atoms with Gasteiger partial charge in [-0.25, -0.2) is 9.59 Å². The smallest absolute Gasteiger partial charge is 0.344 e. The third-order valence-corrected chi connectivity index (χ3v) is 4.82. The molecule has 0 aromatic heterocycles. The molecule has 0 aliphatic heterocycles. The number of carbonyl (C=O) groups is 2. The van der Waals surface area contributed by atoms with Crippen molar-refractivity contribution in [1.29, 1.82) is 0 Å². The highest BCUT2D eigenvalue weighted by molar-refractivity contribution is 5.90. The van der Waals surface area contributed by atoms with Gasteiger partial charge in [-0.05, 0) is 49.7 Å². The number of hydrogen-bond donors (Lipinski definition) is 0. The first kappa shape index (κ1) is 18.5. The minimum Gasteiger partial charge on any atom is -0.460 e. The van der Waals surface area contributed by atoms with E-state index in [1.165, 1.54) is 6.42 Å². The van der Waals surface area contributed by atoms with Gasteiger partial charge in [-0.3, -0.25) is 0 Å². The Morgan fingerprint density at radius 1 is 1.25 bits per heavy atom. The molecule has 4 nitrogen and oxygen atoms in total. The Balaban J connectivity index is 1.86. The fraction of sp³-hybridized carbons (Fsp3) is 0.600. The molecule has 0 unspecified atom stereocenters. The largest absolute Gasteiger partial charge is 0.460 e. The SMILES string of the molecule is Cc1cccc(C(=O)OCC(=O)O[C@@H]2C[C@H](C)CC[C@H]2C(C)C)c1. The number of carbonyl (C=O) groups excluding carboxylic acids is 2. The molecule has 1 fully saturated rings. The molecule has 24 heavy (non-hydrogen) atoms. The first-order chi connectivity index (χ1) is 11.4. The van der Waals surface area contributed by atoms with E-state index in [4.69, 9.17) is 9.47 Å². The van der Waals surface area contributed by atoms with Crippen LogP contribution in [-0.2, 0) is 14.3 Å². The highest BCUT2D eigenvalue weighted by Crippen LogP contribution is 2.35. The number of aryl methyl sites for hydroxylation is 1. The molecule has 0 N–H and O–H groups in total. The lowest BCUT2D eigenvalue weighted by molar-refractivity contribution is -0.159. The van der Waals surface area contributed by atoms with E-state index < -0.39 is 11.9 Å². The summed E-state index contributed by atoms with van der Waals surface area (Å²) in [6.07, 6.45) is 3.08. The highest BCUT2D eigenvalue weighted by atomic mass is 16.6. The lowest BCUT2D eigenvalue weighted by atomic mass is 9.75. The van der Waals surface area contributed by atoms with Crippen LogP contribution >= 0.6 is 0 Å². The highest BCUT2D eigenvalue weighted by Gasteiger charge is 2.33. The molecule has 1 saturated carbocycles. The third-order valence-electron chi connectivity index (χ3n) is 4.82. The second-order valence-corrected chi connectivity index (χ2v) is 7.30. The van der Waals surface area contributed by atoms with Gasteiger partial charge in [0, 0.05) is 0 Å². The third kappa shape index (κ3) is 5.08. The van der Waals surface area contributed by atoms with Crippen molar-refractivity contribution in [2.24, 2.45) is 17.8 Å². The summed E-state index contributed by atoms with van der Waals surface area (Å²) in [6.45, 7) is 8.09. The molecule has 0 saturated heterocycles. The molecule has 1 aromatic carbocycles. The summed E-state index contributed by atoms with van der Waals surface area (Å²) in [7, 11) is 0. The summed E-state index contributed by atoms with van der Waals surface area (Å²) in [6, 6.07) is 7.12. The normalized spacial score (nSPS) is 23.8. The average molecular weight is 332 g/mol. The molecule has 1 aliphatic rings. The van der Waals surface area contributed by atoms with Gasteiger partial charge in [0.05, 0.1) is 5.56 Å². The molecule has 0 spiro atoms. The molecule has 3 atom stereocenters. The van der Waals surface area contributed by atoms with Crippen LogP contribution in [0.15, 0.2) is 24.3 Å². The van der Waals surface area contributed by atoms with Crippen molar-refractivity contribution in [2.45, 2.75) is 53.1 Å². The van der Waals surface area contributed by atoms with Crippen molar-refractivity contribution < 1.29 is 19.1 Å². The molecule has 0 bridgehead atoms. The van der Waals surface area contributed by atoms with Crippen LogP contribution < -0.4 is 0 Å². The Morgan fingerprint density at radius 2 is 2.00 bits per heavy atom. The molecule has 0 amide bonds. The lowest BCUT2D eigenvalue weighted by Gasteiger charge is -2.36. The van der Waals surface area contributed by atoms with Gasteiger partial charge in [-0.2, -0.15) is 0 Å². The summed E-state index contributed by atoms with van der Waals surface area (Å²) < 4.78 is 10.7. The summed E-state index contributed by atoms with van der Waals surface area (Å²) in [4.78, 5) is 24.1. The molecule has 0 heterocycles. The Labute approximate surface area is 144 Å². The maximum Gasteiger partial charge on any atom is 0.344 e. The van der Waals surface area contributed by atoms with Gasteiger partial charge in [0.25, 0.3) is 0 Å². The lowest BCUT2D eigenvalue weighted by Crippen LogP contribution is -2.36. The minimum atomic E-state index is -0.493. The van der Waals surface area contributed by atoms with E-state index >= 15 is 0 Å². The van der Waals surface area contributed by atoms with Gasteiger partial charge in [0.2, 0.25) is 0 Å². The van der Waals surface area contributed by atoms with E-state index in [0.717, 1.165) is 18.4 Å². The zero-order valence-corrected chi connectivity index (χ0v) is 15.1. The number of rotatable bonds is 5. The van der Waals surface area contributed by atoms with Gasteiger partial charge in [-0.1, -0.05) is 44.9 Å². The average Bonchev–Trinajstić information content (AvgIpc) is 2.52. The zero-order valence-electron chi connectivity index (χ0n) is 15.1. The van der Waals surface area contributed by atoms with Gasteiger partial charge < -0.3 is 9.47 Å². The Bertz CT molecular complexity index is 579. The van der Waals surface area contributed by atoms with Gasteiger partial charge in [0.1, 0.15) is 6.10 Å². The quantitative estimate of drug-likeness (QED) is 0.760. The first-order valence-corrected chi connectivity index (χ1v) is 8.80. The van der Waals surface area contributed by atoms with Crippen molar-refractivity contribution in [3.8, 4) is 0 Å². The van der Waals surface area contributed by atoms with Crippen LogP contribution in [0.2, 0.25) is 0 Å². The van der Waals surface area contributed by atoms with Crippen LogP contribution in [0.3, 0.4) is 0 Å². The van der Waals surface area contributed by atoms with Crippen LogP contribution in [0.5, 0.6) is 0 Å². The van der Waals surface area contributed by atoms with E-state index in [0.29, 0.717) is 23.3 Å². The van der Waals surface area contributed by atoms with Gasteiger partial charge >= 0.3 is 11.9 Å². The Kier molecular flexibility index (Phi) is 6.41. The maximum absolute atomic E-state index is 12.1. The van der Waals surface area contributed by atoms with Crippen molar-refractivity contribution in [3.63, 3.8) is 0 Å². The molecule has 1 aromatic rings. The standard InChI is InChI=1S/C20H28O4/c1-13(2)17-9-8-15(4)11-18(17)24-19(21)12-23-20(22)16-7-5-6-14(3)10-16/h5-7,10,13,15,17-18H,8-9,11-12H2,1-4H3/t15-,17+,18-/m1/s1. The monoisotopic (exact) mass is 332 g/mol. The summed E-state index contributed by atoms with van der Waals surface area (Å²) in [5.74, 6) is 0.476. The predicted octanol–water partition coefficient (Wildman–Crippen LogP) is 4.16. The molecule has 132 valence electrons. The summed E-state index contributed by atoms with van der Waals surface area (Å²) in [5.41, 5.74) is 1.43. The van der Waals surface area contributed by atoms with Gasteiger partial charge in [0.15, 0.2) is 6.61 Å². The van der Waals surface area contributed by atoms with Crippen LogP contribution in [0.4, 0.5) is 0 Å². The molecule has 1 aliphatic carbocycles. The van der Waals surface area contributed by atoms with E-state index in [1.54, 1.807) is 18.2 Å². The zero-order chi connectivity index (χ0) is 17.7. The van der Waals surface area contributed by atoms with Crippen LogP contribution in [0.25, 0.3) is 0 Å². The van der Waals surface area contributed by atoms with E-state index in [1.807, 2.05) is 13.0 Å². The molecular formula is C20H28O4. The van der Waals surface area contributed by atoms with E-state index in [9.17, 15) is 9.59 Å². The minimum absolute atomic E-state index is 0.0704. The number of ether oxygens (including phenoxy) is 2. The van der Waals surface area contributed by atoms with Crippen molar-refractivity contribution in [1.82, 2.24) is 0 Å². The molecule has 2 rings (SSSR count). The number of hydrogen-bond acceptors (Lipinski definition) is 4. The van der Waals surface area contributed by atoms with Crippen LogP contribution in [0.1, 0.15) is 56.0 Å². The van der Waals surface area contributed by atoms with Crippen LogP contribution in [-0.4, -0.2) is 24.6 Å². The Morgan fingerprint density at radius 3 is 2.67 bits per heavy atom. The second-order valence-electron chi connectivity index (χ2n) is 7.30. The molecule has 0 radical (unpaired) electrons. The fourth-order valence-corrected chi connectivity index (χ4v) is 3.43. The van der Waals surface area contributed by atoms with Crippen molar-refractivity contribution in [3.05, 3.63) is 35.4 Å². The summed E-state index contributed by atoms with van der Waals surface area (Å²) >= 11 is 0. The molecule has 4 heteroatoms. The first-order valence-electron chi connectivity index (χ1n) is 8.80. The van der Waals surface area contributed by atoms with Crippen molar-refractivity contribution in [2.75, 3.05) is 6.61 Å². The predicted molar refractivity (Wildman–Crippen MR) is 92.7 cm³/mol. The number of esters is 2. The van der Waals surface area contributed by atoms with Crippen molar-refractivity contribution >= 4 is 11.9 Å². The topological polar surface area (TPSA) is 52.6 Å². The maximum atomic E-state index is 12.1. The summed E-state index contributed by atoms with van der Waals surface area (Å²) in [5, 5.41) is 0. The van der Waals surface area contributed by atoms with Gasteiger partial charge in [-0.15, -0.1) is 0 Å².